The summed E-state index contributed by atoms with van der Waals surface area (Å²) in [7, 11) is 0. The fourth-order valence-electron chi connectivity index (χ4n) is 6.09. The van der Waals surface area contributed by atoms with Gasteiger partial charge in [-0.1, -0.05) is 173 Å². The van der Waals surface area contributed by atoms with E-state index >= 15 is 0 Å². The molecule has 0 N–H and O–H groups in total. The molecule has 4 aliphatic rings. The first kappa shape index (κ1) is 26.7. The number of para-hydroxylation sites is 2. The molecule has 42 heavy (non-hydrogen) atoms. The quantitative estimate of drug-likeness (QED) is 0.189. The Labute approximate surface area is 276 Å². The minimum Gasteiger partial charge on any atom is -0.247 e. The number of rotatable bonds is 3. The number of benzene rings is 4. The number of hydrogen-bond acceptors (Lipinski definition) is 2. The van der Waals surface area contributed by atoms with Crippen molar-refractivity contribution in [3.05, 3.63) is 165 Å². The molecule has 0 spiro atoms. The molecule has 202 valence electrons. The Hall–Kier alpha value is -2.90. The van der Waals surface area contributed by atoms with E-state index in [0.29, 0.717) is 0 Å². The van der Waals surface area contributed by atoms with Crippen LogP contribution in [-0.4, -0.2) is 6.47 Å². The summed E-state index contributed by atoms with van der Waals surface area (Å²) in [6, 6.07) is 34.2. The van der Waals surface area contributed by atoms with Gasteiger partial charge in [0.05, 0.1) is 22.1 Å². The van der Waals surface area contributed by atoms with Crippen molar-refractivity contribution < 1.29 is 0 Å². The second-order valence-corrected chi connectivity index (χ2v) is 17.7. The van der Waals surface area contributed by atoms with Crippen molar-refractivity contribution in [2.45, 2.75) is 6.47 Å². The van der Waals surface area contributed by atoms with E-state index in [0.717, 1.165) is 66.0 Å². The molecule has 0 unspecified atom stereocenters. The fourth-order valence-corrected chi connectivity index (χ4v) is 8.22. The van der Waals surface area contributed by atoms with Crippen LogP contribution in [0.1, 0.15) is 11.1 Å². The average Bonchev–Trinajstić information content (AvgIpc) is 3.59. The van der Waals surface area contributed by atoms with E-state index in [1.807, 2.05) is 12.1 Å². The maximum absolute atomic E-state index is 5.01. The molecule has 2 nitrogen and oxygen atoms in total. The summed E-state index contributed by atoms with van der Waals surface area (Å²) in [5.41, 5.74) is 11.2. The minimum absolute atomic E-state index is 0.432. The first-order valence-corrected chi connectivity index (χ1v) is 16.7. The molecular weight excluding hydrogens is 780 g/mol. The number of halogens is 4. The van der Waals surface area contributed by atoms with Gasteiger partial charge in [-0.15, -0.1) is 0 Å². The highest BCUT2D eigenvalue weighted by molar-refractivity contribution is 9.26. The Bertz CT molecular complexity index is 2060. The Morgan fingerprint density at radius 3 is 1.19 bits per heavy atom. The molecule has 2 aliphatic heterocycles. The predicted molar refractivity (Wildman–Crippen MR) is 186 cm³/mol. The van der Waals surface area contributed by atoms with Gasteiger partial charge in [0.1, 0.15) is 6.47 Å². The van der Waals surface area contributed by atoms with E-state index in [1.54, 1.807) is 0 Å². The number of alkyl halides is 4. The van der Waals surface area contributed by atoms with Crippen molar-refractivity contribution in [2.75, 3.05) is 0 Å². The van der Waals surface area contributed by atoms with Gasteiger partial charge in [0, 0.05) is 32.7 Å². The van der Waals surface area contributed by atoms with E-state index in [9.17, 15) is 0 Å². The molecule has 4 aromatic rings. The molecule has 0 saturated carbocycles. The van der Waals surface area contributed by atoms with E-state index in [2.05, 4.69) is 173 Å². The summed E-state index contributed by atoms with van der Waals surface area (Å²) in [6.45, 7) is 0. The average molecular weight is 800 g/mol. The van der Waals surface area contributed by atoms with Crippen molar-refractivity contribution in [3.63, 3.8) is 0 Å². The van der Waals surface area contributed by atoms with Gasteiger partial charge in [0.15, 0.2) is 0 Å². The van der Waals surface area contributed by atoms with E-state index < -0.39 is 6.47 Å². The molecule has 0 radical (unpaired) electrons. The zero-order chi connectivity index (χ0) is 28.6. The molecule has 0 saturated heterocycles. The van der Waals surface area contributed by atoms with Crippen LogP contribution in [0, 0.1) is 0 Å². The molecule has 0 bridgehead atoms. The van der Waals surface area contributed by atoms with Crippen LogP contribution in [0.15, 0.2) is 143 Å². The van der Waals surface area contributed by atoms with Crippen LogP contribution in [0.5, 0.6) is 0 Å². The second-order valence-electron chi connectivity index (χ2n) is 10.6. The van der Waals surface area contributed by atoms with Crippen molar-refractivity contribution in [1.29, 1.82) is 0 Å². The zero-order valence-corrected chi connectivity index (χ0v) is 28.3. The van der Waals surface area contributed by atoms with Crippen LogP contribution < -0.4 is 21.2 Å². The largest absolute Gasteiger partial charge is 0.247 e. The van der Waals surface area contributed by atoms with Gasteiger partial charge in [-0.25, -0.2) is 9.98 Å². The summed E-state index contributed by atoms with van der Waals surface area (Å²) in [6.07, 6.45) is 8.60. The molecule has 8 rings (SSSR count). The Balaban J connectivity index is 1.14. The van der Waals surface area contributed by atoms with Crippen molar-refractivity contribution in [1.82, 2.24) is 0 Å². The first-order valence-electron chi connectivity index (χ1n) is 13.5. The molecule has 0 amide bonds. The maximum atomic E-state index is 5.01. The van der Waals surface area contributed by atoms with E-state index in [-0.39, 0.29) is 0 Å². The third kappa shape index (κ3) is 4.22. The highest BCUT2D eigenvalue weighted by Gasteiger charge is 2.36. The third-order valence-corrected chi connectivity index (χ3v) is 10.7. The van der Waals surface area contributed by atoms with Crippen LogP contribution in [0.3, 0.4) is 0 Å². The standard InChI is InChI=1S/C36H20Br4N2/c37-35(38)19-17-25(33-31(35)27-5-1-3-7-29(27)41-33)23-13-9-21(10-14-23)22-11-15-24(16-12-22)26-18-20-36(39,40)32-28-6-2-4-8-30(28)42-34(26)32/h1-20H. The highest BCUT2D eigenvalue weighted by Crippen LogP contribution is 2.49. The molecule has 0 fully saturated rings. The fraction of sp³-hybridized carbons (Fsp3) is 0.0556. The Kier molecular flexibility index (Phi) is 6.24. The molecule has 0 atom stereocenters. The zero-order valence-electron chi connectivity index (χ0n) is 22.0. The normalized spacial score (nSPS) is 18.8. The molecule has 2 heterocycles. The van der Waals surface area contributed by atoms with Gasteiger partial charge in [0.2, 0.25) is 0 Å². The smallest absolute Gasteiger partial charge is 0.126 e. The summed E-state index contributed by atoms with van der Waals surface area (Å²) in [5.74, 6) is 0. The summed E-state index contributed by atoms with van der Waals surface area (Å²) < 4.78 is -0.865. The number of nitrogens with zero attached hydrogens (tertiary/aromatic N) is 2. The van der Waals surface area contributed by atoms with Crippen LogP contribution in [0.4, 0.5) is 0 Å². The lowest BCUT2D eigenvalue weighted by atomic mass is 9.90. The van der Waals surface area contributed by atoms with Crippen molar-refractivity contribution >= 4 is 86.0 Å². The summed E-state index contributed by atoms with van der Waals surface area (Å²) in [5, 5.41) is 4.32. The van der Waals surface area contributed by atoms with Gasteiger partial charge in [-0.05, 0) is 34.4 Å². The predicted octanol–water partition coefficient (Wildman–Crippen LogP) is 7.86. The van der Waals surface area contributed by atoms with Crippen LogP contribution in [0.25, 0.3) is 33.4 Å². The second kappa shape index (κ2) is 9.81. The minimum atomic E-state index is -0.432. The van der Waals surface area contributed by atoms with Crippen LogP contribution >= 0.6 is 63.7 Å². The van der Waals surface area contributed by atoms with Crippen LogP contribution in [0.2, 0.25) is 0 Å². The van der Waals surface area contributed by atoms with Crippen LogP contribution in [-0.2, 0) is 0 Å². The van der Waals surface area contributed by atoms with Gasteiger partial charge >= 0.3 is 0 Å². The maximum Gasteiger partial charge on any atom is 0.126 e. The van der Waals surface area contributed by atoms with Gasteiger partial charge < -0.3 is 0 Å². The SMILES string of the molecule is BrC1(Br)C=CC(c2ccc(-c3ccc(C4=C5N=c6ccccc6=C5C(Br)(Br)C=C4)cc3)cc2)=C2N=c3ccccc3=C21. The Morgan fingerprint density at radius 1 is 0.429 bits per heavy atom. The molecule has 4 aromatic carbocycles. The molecule has 2 aliphatic carbocycles. The monoisotopic (exact) mass is 796 g/mol. The number of fused-ring (bicyclic) bond motifs is 4. The van der Waals surface area contributed by atoms with E-state index in [4.69, 9.17) is 9.98 Å². The third-order valence-electron chi connectivity index (χ3n) is 8.11. The molecule has 6 heteroatoms. The van der Waals surface area contributed by atoms with E-state index in [1.165, 1.54) is 11.1 Å². The molecular formula is C36H20Br4N2. The lowest BCUT2D eigenvalue weighted by molar-refractivity contribution is 1.27. The summed E-state index contributed by atoms with van der Waals surface area (Å²) in [4.78, 5) is 10.0. The van der Waals surface area contributed by atoms with Gasteiger partial charge in [-0.3, -0.25) is 0 Å². The number of allylic oxidation sites excluding steroid dienone is 8. The van der Waals surface area contributed by atoms with Crippen molar-refractivity contribution in [2.24, 2.45) is 9.98 Å². The van der Waals surface area contributed by atoms with Gasteiger partial charge in [0.25, 0.3) is 0 Å². The Morgan fingerprint density at radius 2 is 0.786 bits per heavy atom. The number of hydrogen-bond donors (Lipinski definition) is 0. The summed E-state index contributed by atoms with van der Waals surface area (Å²) >= 11 is 15.4. The first-order chi connectivity index (χ1) is 20.3. The highest BCUT2D eigenvalue weighted by atomic mass is 79.9. The van der Waals surface area contributed by atoms with Gasteiger partial charge in [-0.2, -0.15) is 0 Å². The lowest BCUT2D eigenvalue weighted by Gasteiger charge is -2.25. The lowest BCUT2D eigenvalue weighted by Crippen LogP contribution is -2.27. The topological polar surface area (TPSA) is 24.7 Å². The molecule has 0 aromatic heterocycles. The van der Waals surface area contributed by atoms with Crippen molar-refractivity contribution in [3.8, 4) is 11.1 Å².